The van der Waals surface area contributed by atoms with Gasteiger partial charge in [-0.3, -0.25) is 4.79 Å². The molecule has 1 amide bonds. The van der Waals surface area contributed by atoms with Crippen LogP contribution >= 0.6 is 0 Å². The van der Waals surface area contributed by atoms with Crippen molar-refractivity contribution in [2.45, 2.75) is 19.9 Å². The van der Waals surface area contributed by atoms with E-state index in [-0.39, 0.29) is 5.91 Å². The number of amides is 1. The highest BCUT2D eigenvalue weighted by Gasteiger charge is 2.21. The van der Waals surface area contributed by atoms with E-state index in [2.05, 4.69) is 16.7 Å². The maximum atomic E-state index is 13.2. The number of hydrogen-bond acceptors (Lipinski definition) is 4. The third-order valence-corrected chi connectivity index (χ3v) is 4.61. The smallest absolute Gasteiger partial charge is 0.251 e. The number of rotatable bonds is 9. The molecule has 0 aliphatic rings. The Hall–Kier alpha value is -3.31. The Labute approximate surface area is 178 Å². The number of hydrogen-bond donors (Lipinski definition) is 2. The molecule has 2 N–H and O–H groups in total. The van der Waals surface area contributed by atoms with Crippen molar-refractivity contribution < 1.29 is 14.3 Å². The number of aryl methyl sites for hydroxylation is 2. The molecule has 0 fully saturated rings. The molecular weight excluding hydrogens is 376 g/mol. The second-order valence-electron chi connectivity index (χ2n) is 7.22. The second kappa shape index (κ2) is 10.5. The summed E-state index contributed by atoms with van der Waals surface area (Å²) < 4.78 is 10.6. The molecule has 0 saturated heterocycles. The Bertz CT molecular complexity index is 936. The minimum absolute atomic E-state index is 0.119. The summed E-state index contributed by atoms with van der Waals surface area (Å²) in [5.41, 5.74) is 4.73. The summed E-state index contributed by atoms with van der Waals surface area (Å²) in [5.74, 6) is 0.639. The van der Waals surface area contributed by atoms with Gasteiger partial charge in [0, 0.05) is 18.5 Å². The minimum Gasteiger partial charge on any atom is -0.491 e. The zero-order chi connectivity index (χ0) is 21.3. The van der Waals surface area contributed by atoms with Crippen LogP contribution in [-0.4, -0.2) is 26.2 Å². The normalized spacial score (nSPS) is 11.6. The van der Waals surface area contributed by atoms with E-state index in [1.165, 1.54) is 0 Å². The van der Waals surface area contributed by atoms with Gasteiger partial charge in [-0.25, -0.2) is 0 Å². The van der Waals surface area contributed by atoms with E-state index in [0.717, 1.165) is 33.8 Å². The molecule has 0 heterocycles. The van der Waals surface area contributed by atoms with Crippen molar-refractivity contribution in [3.8, 4) is 5.75 Å². The van der Waals surface area contributed by atoms with Crippen molar-refractivity contribution >= 4 is 17.3 Å². The molecular formula is C25H28N2O3. The zero-order valence-electron chi connectivity index (χ0n) is 17.6. The summed E-state index contributed by atoms with van der Waals surface area (Å²) in [6.07, 6.45) is 0. The van der Waals surface area contributed by atoms with E-state index < -0.39 is 6.04 Å². The predicted octanol–water partition coefficient (Wildman–Crippen LogP) is 5.12. The molecule has 5 heteroatoms. The van der Waals surface area contributed by atoms with Gasteiger partial charge in [0.15, 0.2) is 0 Å². The molecule has 1 atom stereocenters. The third kappa shape index (κ3) is 6.09. The summed E-state index contributed by atoms with van der Waals surface area (Å²) >= 11 is 0. The van der Waals surface area contributed by atoms with Gasteiger partial charge in [0.1, 0.15) is 18.4 Å². The average Bonchev–Trinajstić information content (AvgIpc) is 2.73. The standard InChI is InChI=1S/C25H28N2O3/c1-18-15-19(2)17-22(16-18)27-25(28)24(20-7-5-4-6-8-20)26-21-9-11-23(12-10-21)30-14-13-29-3/h4-12,15-17,24,26H,13-14H2,1-3H3,(H,27,28). The molecule has 1 unspecified atom stereocenters. The Balaban J connectivity index is 1.77. The number of nitrogens with one attached hydrogen (secondary N) is 2. The van der Waals surface area contributed by atoms with Crippen LogP contribution in [0.4, 0.5) is 11.4 Å². The van der Waals surface area contributed by atoms with Crippen molar-refractivity contribution in [1.82, 2.24) is 0 Å². The maximum absolute atomic E-state index is 13.2. The highest BCUT2D eigenvalue weighted by atomic mass is 16.5. The van der Waals surface area contributed by atoms with E-state index >= 15 is 0 Å². The van der Waals surface area contributed by atoms with Crippen molar-refractivity contribution in [3.63, 3.8) is 0 Å². The fourth-order valence-corrected chi connectivity index (χ4v) is 3.26. The van der Waals surface area contributed by atoms with Crippen LogP contribution in [0.5, 0.6) is 5.75 Å². The van der Waals surface area contributed by atoms with Gasteiger partial charge < -0.3 is 20.1 Å². The number of benzene rings is 3. The molecule has 5 nitrogen and oxygen atoms in total. The monoisotopic (exact) mass is 404 g/mol. The maximum Gasteiger partial charge on any atom is 0.251 e. The summed E-state index contributed by atoms with van der Waals surface area (Å²) in [7, 11) is 1.64. The van der Waals surface area contributed by atoms with E-state index in [4.69, 9.17) is 9.47 Å². The van der Waals surface area contributed by atoms with Crippen LogP contribution in [0.2, 0.25) is 0 Å². The van der Waals surface area contributed by atoms with Crippen LogP contribution in [0.1, 0.15) is 22.7 Å². The first kappa shape index (κ1) is 21.4. The molecule has 156 valence electrons. The van der Waals surface area contributed by atoms with Gasteiger partial charge in [0.05, 0.1) is 6.61 Å². The Kier molecular flexibility index (Phi) is 7.46. The molecule has 0 aliphatic heterocycles. The highest BCUT2D eigenvalue weighted by molar-refractivity contribution is 5.97. The molecule has 30 heavy (non-hydrogen) atoms. The SMILES string of the molecule is COCCOc1ccc(NC(C(=O)Nc2cc(C)cc(C)c2)c2ccccc2)cc1. The Morgan fingerprint density at radius 2 is 1.53 bits per heavy atom. The van der Waals surface area contributed by atoms with Gasteiger partial charge in [-0.05, 0) is 66.9 Å². The van der Waals surface area contributed by atoms with E-state index in [9.17, 15) is 4.79 Å². The molecule has 0 aliphatic carbocycles. The molecule has 3 aromatic rings. The van der Waals surface area contributed by atoms with Crippen LogP contribution in [-0.2, 0) is 9.53 Å². The largest absolute Gasteiger partial charge is 0.491 e. The first-order valence-corrected chi connectivity index (χ1v) is 9.97. The fraction of sp³-hybridized carbons (Fsp3) is 0.240. The Morgan fingerprint density at radius 3 is 2.17 bits per heavy atom. The lowest BCUT2D eigenvalue weighted by Crippen LogP contribution is -2.27. The molecule has 0 aromatic heterocycles. The van der Waals surface area contributed by atoms with Crippen molar-refractivity contribution in [2.24, 2.45) is 0 Å². The van der Waals surface area contributed by atoms with Gasteiger partial charge in [-0.15, -0.1) is 0 Å². The zero-order valence-corrected chi connectivity index (χ0v) is 17.6. The summed E-state index contributed by atoms with van der Waals surface area (Å²) in [6, 6.07) is 22.7. The molecule has 0 spiro atoms. The summed E-state index contributed by atoms with van der Waals surface area (Å²) in [6.45, 7) is 5.07. The first-order valence-electron chi connectivity index (χ1n) is 9.97. The van der Waals surface area contributed by atoms with E-state index in [0.29, 0.717) is 13.2 Å². The number of ether oxygens (including phenoxy) is 2. The van der Waals surface area contributed by atoms with E-state index in [1.54, 1.807) is 7.11 Å². The molecule has 0 radical (unpaired) electrons. The summed E-state index contributed by atoms with van der Waals surface area (Å²) in [4.78, 5) is 13.2. The summed E-state index contributed by atoms with van der Waals surface area (Å²) in [5, 5.41) is 6.39. The topological polar surface area (TPSA) is 59.6 Å². The van der Waals surface area contributed by atoms with Crippen LogP contribution in [0, 0.1) is 13.8 Å². The lowest BCUT2D eigenvalue weighted by Gasteiger charge is -2.20. The second-order valence-corrected chi connectivity index (χ2v) is 7.22. The third-order valence-electron chi connectivity index (χ3n) is 4.61. The minimum atomic E-state index is -0.535. The number of carbonyl (C=O) groups is 1. The van der Waals surface area contributed by atoms with E-state index in [1.807, 2.05) is 80.6 Å². The van der Waals surface area contributed by atoms with Gasteiger partial charge in [0.25, 0.3) is 5.91 Å². The van der Waals surface area contributed by atoms with Crippen LogP contribution < -0.4 is 15.4 Å². The van der Waals surface area contributed by atoms with Crippen molar-refractivity contribution in [1.29, 1.82) is 0 Å². The van der Waals surface area contributed by atoms with Crippen LogP contribution in [0.15, 0.2) is 72.8 Å². The van der Waals surface area contributed by atoms with Crippen molar-refractivity contribution in [2.75, 3.05) is 31.0 Å². The lowest BCUT2D eigenvalue weighted by molar-refractivity contribution is -0.117. The molecule has 3 aromatic carbocycles. The number of carbonyl (C=O) groups excluding carboxylic acids is 1. The van der Waals surface area contributed by atoms with Gasteiger partial charge in [-0.1, -0.05) is 36.4 Å². The van der Waals surface area contributed by atoms with Gasteiger partial charge in [-0.2, -0.15) is 0 Å². The Morgan fingerprint density at radius 1 is 0.867 bits per heavy atom. The highest BCUT2D eigenvalue weighted by Crippen LogP contribution is 2.24. The molecule has 0 saturated carbocycles. The fourth-order valence-electron chi connectivity index (χ4n) is 3.26. The van der Waals surface area contributed by atoms with Gasteiger partial charge >= 0.3 is 0 Å². The van der Waals surface area contributed by atoms with Crippen molar-refractivity contribution in [3.05, 3.63) is 89.5 Å². The van der Waals surface area contributed by atoms with Crippen LogP contribution in [0.3, 0.4) is 0 Å². The van der Waals surface area contributed by atoms with Gasteiger partial charge in [0.2, 0.25) is 0 Å². The number of anilines is 2. The average molecular weight is 405 g/mol. The molecule has 0 bridgehead atoms. The lowest BCUT2D eigenvalue weighted by atomic mass is 10.0. The number of methoxy groups -OCH3 is 1. The molecule has 3 rings (SSSR count). The quantitative estimate of drug-likeness (QED) is 0.486. The van der Waals surface area contributed by atoms with Crippen LogP contribution in [0.25, 0.3) is 0 Å². The first-order chi connectivity index (χ1) is 14.5. The predicted molar refractivity (Wildman–Crippen MR) is 121 cm³/mol.